The number of nitrogens with one attached hydrogen (secondary N) is 4. The molecular formula is C32H35FN8. The summed E-state index contributed by atoms with van der Waals surface area (Å²) >= 11 is 0. The molecule has 1 aliphatic heterocycles. The van der Waals surface area contributed by atoms with Crippen LogP contribution < -0.4 is 21.6 Å². The van der Waals surface area contributed by atoms with Gasteiger partial charge in [-0.1, -0.05) is 32.8 Å². The summed E-state index contributed by atoms with van der Waals surface area (Å²) in [4.78, 5) is 8.65. The number of hydrogen-bond donors (Lipinski definition) is 4. The first kappa shape index (κ1) is 26.9. The van der Waals surface area contributed by atoms with E-state index in [-0.39, 0.29) is 11.0 Å². The number of fused-ring (bicyclic) bond motifs is 1. The van der Waals surface area contributed by atoms with Gasteiger partial charge in [-0.3, -0.25) is 9.99 Å². The van der Waals surface area contributed by atoms with Crippen molar-refractivity contribution in [3.05, 3.63) is 70.7 Å². The molecule has 2 aliphatic carbocycles. The van der Waals surface area contributed by atoms with Crippen LogP contribution in [-0.2, 0) is 0 Å². The topological polar surface area (TPSA) is 101 Å². The molecule has 0 saturated heterocycles. The summed E-state index contributed by atoms with van der Waals surface area (Å²) in [5.74, 6) is 2.93. The zero-order valence-electron chi connectivity index (χ0n) is 23.9. The van der Waals surface area contributed by atoms with Crippen molar-refractivity contribution in [2.75, 3.05) is 17.2 Å². The number of benzene rings is 1. The third kappa shape index (κ3) is 5.14. The summed E-state index contributed by atoms with van der Waals surface area (Å²) in [6.07, 6.45) is 14.5. The van der Waals surface area contributed by atoms with E-state index in [1.165, 1.54) is 18.9 Å². The first-order valence-electron chi connectivity index (χ1n) is 14.1. The Balaban J connectivity index is 1.43. The average Bonchev–Trinajstić information content (AvgIpc) is 3.87. The van der Waals surface area contributed by atoms with Crippen molar-refractivity contribution in [1.29, 1.82) is 5.26 Å². The molecule has 2 saturated carbocycles. The van der Waals surface area contributed by atoms with Crippen LogP contribution in [0.1, 0.15) is 74.9 Å². The molecule has 6 rings (SSSR count). The van der Waals surface area contributed by atoms with Gasteiger partial charge in [-0.25, -0.2) is 4.98 Å². The van der Waals surface area contributed by atoms with E-state index in [0.717, 1.165) is 35.2 Å². The summed E-state index contributed by atoms with van der Waals surface area (Å²) in [6.45, 7) is 8.92. The van der Waals surface area contributed by atoms with Gasteiger partial charge in [0.15, 0.2) is 0 Å². The monoisotopic (exact) mass is 550 g/mol. The summed E-state index contributed by atoms with van der Waals surface area (Å²) in [7, 11) is 0. The third-order valence-corrected chi connectivity index (χ3v) is 8.24. The number of aromatic nitrogens is 2. The van der Waals surface area contributed by atoms with E-state index < -0.39 is 12.0 Å². The van der Waals surface area contributed by atoms with Crippen LogP contribution in [0.25, 0.3) is 10.9 Å². The fourth-order valence-corrected chi connectivity index (χ4v) is 5.77. The molecule has 210 valence electrons. The van der Waals surface area contributed by atoms with Crippen molar-refractivity contribution >= 4 is 22.3 Å². The molecule has 0 bridgehead atoms. The first-order valence-corrected chi connectivity index (χ1v) is 14.1. The zero-order chi connectivity index (χ0) is 28.9. The molecule has 2 aromatic heterocycles. The number of hydrogen-bond acceptors (Lipinski definition) is 8. The quantitative estimate of drug-likeness (QED) is 0.211. The van der Waals surface area contributed by atoms with Crippen LogP contribution in [0.4, 0.5) is 15.8 Å². The molecule has 9 heteroatoms. The van der Waals surface area contributed by atoms with E-state index in [4.69, 9.17) is 6.42 Å². The van der Waals surface area contributed by atoms with Crippen LogP contribution in [0.3, 0.4) is 0 Å². The number of nitriles is 1. The minimum Gasteiger partial charge on any atom is -0.383 e. The Morgan fingerprint density at radius 2 is 2.02 bits per heavy atom. The lowest BCUT2D eigenvalue weighted by atomic mass is 9.96. The minimum atomic E-state index is -0.524. The second kappa shape index (κ2) is 9.94. The Bertz CT molecular complexity index is 1630. The third-order valence-electron chi connectivity index (χ3n) is 8.24. The Morgan fingerprint density at radius 3 is 2.66 bits per heavy atom. The van der Waals surface area contributed by atoms with Gasteiger partial charge < -0.3 is 16.1 Å². The van der Waals surface area contributed by atoms with Gasteiger partial charge in [0.25, 0.3) is 0 Å². The molecule has 41 heavy (non-hydrogen) atoms. The molecule has 1 aromatic carbocycles. The Kier molecular flexibility index (Phi) is 6.51. The van der Waals surface area contributed by atoms with Gasteiger partial charge in [0.05, 0.1) is 39.6 Å². The summed E-state index contributed by atoms with van der Waals surface area (Å²) in [5, 5.41) is 20.2. The van der Waals surface area contributed by atoms with Gasteiger partial charge in [0.2, 0.25) is 5.95 Å². The van der Waals surface area contributed by atoms with Gasteiger partial charge >= 0.3 is 0 Å². The maximum atomic E-state index is 14.0. The van der Waals surface area contributed by atoms with E-state index in [0.29, 0.717) is 40.5 Å². The normalized spacial score (nSPS) is 18.2. The number of aryl methyl sites for hydroxylation is 1. The second-order valence-electron chi connectivity index (χ2n) is 12.6. The second-order valence-corrected chi connectivity index (χ2v) is 12.6. The lowest BCUT2D eigenvalue weighted by Crippen LogP contribution is -2.46. The highest BCUT2D eigenvalue weighted by atomic mass is 19.1. The van der Waals surface area contributed by atoms with E-state index in [1.807, 2.05) is 6.07 Å². The standard InChI is InChI=1S/C32H35FN8/c1-6-20-16-35-29-21(15-34)13-23(14-25(29)28(20)36-18-31(3,4)5)38-30(24-9-10-27(33)37-19(24)2)26-17-41(40-39-26)32(11-12-32)22-7-8-22/h1,9-10,13-14,16-17,22,30,38-40H,7-8,11-12,18H2,2-5H3,(H,35,36)/t30-/m0/s1. The molecular weight excluding hydrogens is 515 g/mol. The molecule has 8 nitrogen and oxygen atoms in total. The molecule has 4 N–H and O–H groups in total. The molecule has 3 aromatic rings. The van der Waals surface area contributed by atoms with Crippen molar-refractivity contribution in [2.45, 2.75) is 65.0 Å². The molecule has 0 radical (unpaired) electrons. The molecule has 0 unspecified atom stereocenters. The lowest BCUT2D eigenvalue weighted by Gasteiger charge is -2.26. The minimum absolute atomic E-state index is 0.00641. The van der Waals surface area contributed by atoms with E-state index in [2.05, 4.69) is 75.5 Å². The highest BCUT2D eigenvalue weighted by molar-refractivity contribution is 5.99. The Labute approximate surface area is 240 Å². The molecule has 0 spiro atoms. The largest absolute Gasteiger partial charge is 0.383 e. The average molecular weight is 551 g/mol. The van der Waals surface area contributed by atoms with Crippen LogP contribution in [0.5, 0.6) is 0 Å². The van der Waals surface area contributed by atoms with E-state index >= 15 is 0 Å². The number of rotatable bonds is 8. The molecule has 3 aliphatic rings. The van der Waals surface area contributed by atoms with Crippen LogP contribution in [-0.4, -0.2) is 27.1 Å². The van der Waals surface area contributed by atoms with Crippen molar-refractivity contribution in [3.63, 3.8) is 0 Å². The van der Waals surface area contributed by atoms with Crippen molar-refractivity contribution < 1.29 is 4.39 Å². The number of halogens is 1. The number of pyridine rings is 2. The predicted molar refractivity (Wildman–Crippen MR) is 159 cm³/mol. The smallest absolute Gasteiger partial charge is 0.213 e. The Morgan fingerprint density at radius 1 is 1.24 bits per heavy atom. The van der Waals surface area contributed by atoms with Crippen LogP contribution in [0, 0.1) is 47.9 Å². The van der Waals surface area contributed by atoms with Crippen LogP contribution in [0.2, 0.25) is 0 Å². The van der Waals surface area contributed by atoms with Crippen molar-refractivity contribution in [3.8, 4) is 18.4 Å². The zero-order valence-corrected chi connectivity index (χ0v) is 23.9. The van der Waals surface area contributed by atoms with Crippen molar-refractivity contribution in [2.24, 2.45) is 11.3 Å². The maximum absolute atomic E-state index is 14.0. The molecule has 2 fully saturated rings. The Hall–Kier alpha value is -4.34. The van der Waals surface area contributed by atoms with E-state index in [1.54, 1.807) is 25.3 Å². The molecule has 1 atom stereocenters. The molecule has 3 heterocycles. The number of terminal acetylenes is 1. The van der Waals surface area contributed by atoms with Crippen LogP contribution >= 0.6 is 0 Å². The number of hydrazine groups is 2. The fourth-order valence-electron chi connectivity index (χ4n) is 5.77. The predicted octanol–water partition coefficient (Wildman–Crippen LogP) is 5.65. The molecule has 0 amide bonds. The van der Waals surface area contributed by atoms with Gasteiger partial charge in [-0.05, 0) is 62.1 Å². The van der Waals surface area contributed by atoms with Gasteiger partial charge in [-0.15, -0.1) is 12.0 Å². The van der Waals surface area contributed by atoms with Gasteiger partial charge in [0.1, 0.15) is 6.07 Å². The number of anilines is 2. The maximum Gasteiger partial charge on any atom is 0.213 e. The highest BCUT2D eigenvalue weighted by Crippen LogP contribution is 2.57. The SMILES string of the molecule is C#Cc1cnc2c(C#N)cc(N[C@H](C3=CN(C4(C5CC5)CC4)NN3)c3ccc(F)nc3C)cc2c1NCC(C)(C)C. The summed E-state index contributed by atoms with van der Waals surface area (Å²) < 4.78 is 14.0. The first-order chi connectivity index (χ1) is 19.6. The van der Waals surface area contributed by atoms with E-state index in [9.17, 15) is 9.65 Å². The highest BCUT2D eigenvalue weighted by Gasteiger charge is 2.58. The summed E-state index contributed by atoms with van der Waals surface area (Å²) in [5.41, 5.74) is 12.3. The lowest BCUT2D eigenvalue weighted by molar-refractivity contribution is 0.156. The van der Waals surface area contributed by atoms with Gasteiger partial charge in [0, 0.05) is 41.3 Å². The van der Waals surface area contributed by atoms with Crippen molar-refractivity contribution in [1.82, 2.24) is 25.9 Å². The number of nitrogens with zero attached hydrogens (tertiary/aromatic N) is 4. The van der Waals surface area contributed by atoms with Gasteiger partial charge in [-0.2, -0.15) is 9.65 Å². The fraction of sp³-hybridized carbons (Fsp3) is 0.406. The van der Waals surface area contributed by atoms with Crippen LogP contribution in [0.15, 0.2) is 42.4 Å². The summed E-state index contributed by atoms with van der Waals surface area (Å²) in [6, 6.07) is 8.82.